The molecule has 0 saturated heterocycles. The number of nitrogens with one attached hydrogen (secondary N) is 2. The molecule has 6 rings (SSSR count). The van der Waals surface area contributed by atoms with Gasteiger partial charge in [0.05, 0.1) is 22.4 Å². The predicted molar refractivity (Wildman–Crippen MR) is 120 cm³/mol. The van der Waals surface area contributed by atoms with E-state index in [-0.39, 0.29) is 5.56 Å². The first kappa shape index (κ1) is 17.4. The summed E-state index contributed by atoms with van der Waals surface area (Å²) in [5.74, 6) is 0.442. The van der Waals surface area contributed by atoms with Gasteiger partial charge in [0.15, 0.2) is 0 Å². The lowest BCUT2D eigenvalue weighted by atomic mass is 9.90. The van der Waals surface area contributed by atoms with E-state index in [1.165, 1.54) is 5.56 Å². The van der Waals surface area contributed by atoms with Crippen molar-refractivity contribution in [2.45, 2.75) is 18.8 Å². The molecule has 2 aromatic carbocycles. The fourth-order valence-corrected chi connectivity index (χ4v) is 4.52. The van der Waals surface area contributed by atoms with Crippen LogP contribution in [0.25, 0.3) is 44.3 Å². The first-order chi connectivity index (χ1) is 14.7. The normalized spacial score (nSPS) is 13.9. The van der Waals surface area contributed by atoms with Gasteiger partial charge in [0, 0.05) is 28.0 Å². The van der Waals surface area contributed by atoms with Crippen molar-refractivity contribution in [1.29, 1.82) is 0 Å². The fourth-order valence-electron chi connectivity index (χ4n) is 4.25. The Bertz CT molecular complexity index is 1480. The smallest absolute Gasteiger partial charge is 0.249 e. The molecule has 5 aromatic rings. The van der Waals surface area contributed by atoms with E-state index in [1.807, 2.05) is 42.5 Å². The van der Waals surface area contributed by atoms with Gasteiger partial charge in [0.2, 0.25) is 5.56 Å². The highest BCUT2D eigenvalue weighted by atomic mass is 35.5. The quantitative estimate of drug-likeness (QED) is 0.401. The van der Waals surface area contributed by atoms with Crippen molar-refractivity contribution < 1.29 is 0 Å². The van der Waals surface area contributed by atoms with Gasteiger partial charge in [0.1, 0.15) is 5.65 Å². The molecule has 30 heavy (non-hydrogen) atoms. The highest BCUT2D eigenvalue weighted by molar-refractivity contribution is 6.35. The molecule has 0 unspecified atom stereocenters. The lowest BCUT2D eigenvalue weighted by Gasteiger charge is -2.18. The summed E-state index contributed by atoms with van der Waals surface area (Å²) in [6.07, 6.45) is 4.04. The minimum Gasteiger partial charge on any atom is -0.307 e. The van der Waals surface area contributed by atoms with Crippen molar-refractivity contribution in [3.05, 3.63) is 81.7 Å². The Kier molecular flexibility index (Phi) is 3.80. The Morgan fingerprint density at radius 3 is 2.63 bits per heavy atom. The SMILES string of the molecule is O=c1ccc2c(C3CC3)c(-c3cc(Cl)c4[nH]ncc4c3)c(-c3ccccc3)nc2[nH]1. The van der Waals surface area contributed by atoms with Gasteiger partial charge >= 0.3 is 0 Å². The van der Waals surface area contributed by atoms with Crippen LogP contribution in [0.5, 0.6) is 0 Å². The molecule has 1 aliphatic carbocycles. The maximum Gasteiger partial charge on any atom is 0.249 e. The number of fused-ring (bicyclic) bond motifs is 2. The highest BCUT2D eigenvalue weighted by Gasteiger charge is 2.31. The topological polar surface area (TPSA) is 74.4 Å². The van der Waals surface area contributed by atoms with Gasteiger partial charge < -0.3 is 4.98 Å². The number of hydrogen-bond acceptors (Lipinski definition) is 3. The lowest BCUT2D eigenvalue weighted by molar-refractivity contribution is 1.12. The van der Waals surface area contributed by atoms with Gasteiger partial charge in [-0.2, -0.15) is 5.10 Å². The maximum atomic E-state index is 12.0. The zero-order chi connectivity index (χ0) is 20.2. The number of hydrogen-bond donors (Lipinski definition) is 2. The van der Waals surface area contributed by atoms with E-state index in [0.717, 1.165) is 51.5 Å². The molecule has 0 atom stereocenters. The van der Waals surface area contributed by atoms with Crippen LogP contribution in [-0.4, -0.2) is 20.2 Å². The van der Waals surface area contributed by atoms with Gasteiger partial charge in [-0.05, 0) is 48.1 Å². The molecule has 2 N–H and O–H groups in total. The number of aromatic nitrogens is 4. The second-order valence-corrected chi connectivity index (χ2v) is 8.17. The summed E-state index contributed by atoms with van der Waals surface area (Å²) in [6, 6.07) is 17.7. The Hall–Kier alpha value is -3.44. The fraction of sp³-hybridized carbons (Fsp3) is 0.125. The van der Waals surface area contributed by atoms with E-state index in [0.29, 0.717) is 16.6 Å². The summed E-state index contributed by atoms with van der Waals surface area (Å²) in [5, 5.41) is 9.68. The van der Waals surface area contributed by atoms with Gasteiger partial charge in [-0.3, -0.25) is 9.89 Å². The molecule has 0 bridgehead atoms. The first-order valence-corrected chi connectivity index (χ1v) is 10.3. The van der Waals surface area contributed by atoms with Crippen molar-refractivity contribution >= 4 is 33.5 Å². The van der Waals surface area contributed by atoms with Crippen LogP contribution < -0.4 is 5.56 Å². The van der Waals surface area contributed by atoms with Crippen LogP contribution in [0.4, 0.5) is 0 Å². The summed E-state index contributed by atoms with van der Waals surface area (Å²) < 4.78 is 0. The Balaban J connectivity index is 1.77. The first-order valence-electron chi connectivity index (χ1n) is 9.94. The standard InChI is InChI=1S/C24H17ClN4O/c25-18-11-15(10-16-12-26-29-22(16)18)21-20(13-6-7-13)17-8-9-19(30)27-24(17)28-23(21)14-4-2-1-3-5-14/h1-5,8-13H,6-7H2,(H,26,29)(H,27,28,30). The third-order valence-corrected chi connectivity index (χ3v) is 6.04. The number of H-pyrrole nitrogens is 2. The van der Waals surface area contributed by atoms with Crippen LogP contribution in [0.3, 0.4) is 0 Å². The monoisotopic (exact) mass is 412 g/mol. The highest BCUT2D eigenvalue weighted by Crippen LogP contribution is 2.50. The molecule has 0 aliphatic heterocycles. The molecule has 146 valence electrons. The third-order valence-electron chi connectivity index (χ3n) is 5.74. The van der Waals surface area contributed by atoms with Gasteiger partial charge in [-0.25, -0.2) is 4.98 Å². The molecule has 1 saturated carbocycles. The molecular weight excluding hydrogens is 396 g/mol. The van der Waals surface area contributed by atoms with Crippen LogP contribution in [0.2, 0.25) is 5.02 Å². The minimum absolute atomic E-state index is 0.147. The van der Waals surface area contributed by atoms with Crippen LogP contribution >= 0.6 is 11.6 Å². The largest absolute Gasteiger partial charge is 0.307 e. The summed E-state index contributed by atoms with van der Waals surface area (Å²) in [7, 11) is 0. The van der Waals surface area contributed by atoms with Crippen molar-refractivity contribution in [3.63, 3.8) is 0 Å². The molecule has 0 spiro atoms. The van der Waals surface area contributed by atoms with Crippen molar-refractivity contribution in [3.8, 4) is 22.4 Å². The third kappa shape index (κ3) is 2.74. The van der Waals surface area contributed by atoms with E-state index >= 15 is 0 Å². The Morgan fingerprint density at radius 1 is 1.00 bits per heavy atom. The minimum atomic E-state index is -0.147. The number of rotatable bonds is 3. The number of halogens is 1. The molecule has 3 heterocycles. The van der Waals surface area contributed by atoms with Crippen molar-refractivity contribution in [2.24, 2.45) is 0 Å². The van der Waals surface area contributed by atoms with Crippen molar-refractivity contribution in [1.82, 2.24) is 20.2 Å². The zero-order valence-corrected chi connectivity index (χ0v) is 16.7. The second kappa shape index (κ2) is 6.54. The molecule has 3 aromatic heterocycles. The van der Waals surface area contributed by atoms with Crippen LogP contribution in [-0.2, 0) is 0 Å². The van der Waals surface area contributed by atoms with Gasteiger partial charge in [-0.1, -0.05) is 41.9 Å². The van der Waals surface area contributed by atoms with E-state index in [9.17, 15) is 4.79 Å². The molecule has 0 radical (unpaired) electrons. The molecule has 1 aliphatic rings. The molecule has 6 heteroatoms. The Labute approximate surface area is 176 Å². The van der Waals surface area contributed by atoms with E-state index in [2.05, 4.69) is 21.2 Å². The number of benzene rings is 2. The summed E-state index contributed by atoms with van der Waals surface area (Å²) in [6.45, 7) is 0. The molecular formula is C24H17ClN4O. The van der Waals surface area contributed by atoms with Gasteiger partial charge in [0.25, 0.3) is 0 Å². The van der Waals surface area contributed by atoms with E-state index < -0.39 is 0 Å². The average molecular weight is 413 g/mol. The van der Waals surface area contributed by atoms with Crippen molar-refractivity contribution in [2.75, 3.05) is 0 Å². The molecule has 1 fully saturated rings. The Morgan fingerprint density at radius 2 is 1.83 bits per heavy atom. The summed E-state index contributed by atoms with van der Waals surface area (Å²) in [4.78, 5) is 19.9. The molecule has 0 amide bonds. The van der Waals surface area contributed by atoms with Crippen LogP contribution in [0.15, 0.2) is 65.6 Å². The number of aromatic amines is 2. The van der Waals surface area contributed by atoms with Gasteiger partial charge in [-0.15, -0.1) is 0 Å². The predicted octanol–water partition coefficient (Wildman–Crippen LogP) is 5.66. The summed E-state index contributed by atoms with van der Waals surface area (Å²) in [5.41, 5.74) is 6.48. The summed E-state index contributed by atoms with van der Waals surface area (Å²) >= 11 is 6.60. The average Bonchev–Trinajstić information content (AvgIpc) is 3.49. The maximum absolute atomic E-state index is 12.0. The van der Waals surface area contributed by atoms with Crippen LogP contribution in [0, 0.1) is 0 Å². The molecule has 5 nitrogen and oxygen atoms in total. The lowest BCUT2D eigenvalue weighted by Crippen LogP contribution is -2.07. The van der Waals surface area contributed by atoms with E-state index in [1.54, 1.807) is 12.3 Å². The number of pyridine rings is 2. The van der Waals surface area contributed by atoms with Crippen LogP contribution in [0.1, 0.15) is 24.3 Å². The number of nitrogens with zero attached hydrogens (tertiary/aromatic N) is 2. The zero-order valence-electron chi connectivity index (χ0n) is 15.9. The second-order valence-electron chi connectivity index (χ2n) is 7.77. The van der Waals surface area contributed by atoms with E-state index in [4.69, 9.17) is 16.6 Å².